The fourth-order valence-corrected chi connectivity index (χ4v) is 3.05. The first-order valence-corrected chi connectivity index (χ1v) is 8.02. The highest BCUT2D eigenvalue weighted by atomic mass is 16.6. The van der Waals surface area contributed by atoms with E-state index < -0.39 is 5.60 Å². The smallest absolute Gasteiger partial charge is 0.410 e. The van der Waals surface area contributed by atoms with Gasteiger partial charge in [0, 0.05) is 25.8 Å². The van der Waals surface area contributed by atoms with Crippen molar-refractivity contribution >= 4 is 6.09 Å². The van der Waals surface area contributed by atoms with Crippen LogP contribution >= 0.6 is 0 Å². The molecule has 1 amide bonds. The summed E-state index contributed by atoms with van der Waals surface area (Å²) in [6, 6.07) is 2.26. The molecular weight excluding hydrogens is 280 g/mol. The van der Waals surface area contributed by atoms with Crippen molar-refractivity contribution in [2.75, 3.05) is 20.1 Å². The quantitative estimate of drug-likeness (QED) is 0.928. The van der Waals surface area contributed by atoms with Crippen molar-refractivity contribution in [1.29, 1.82) is 0 Å². The van der Waals surface area contributed by atoms with Gasteiger partial charge in [-0.3, -0.25) is 4.68 Å². The first-order chi connectivity index (χ1) is 10.4. The Labute approximate surface area is 132 Å². The second-order valence-electron chi connectivity index (χ2n) is 6.81. The van der Waals surface area contributed by atoms with Crippen molar-refractivity contribution < 1.29 is 9.53 Å². The van der Waals surface area contributed by atoms with Gasteiger partial charge in [-0.1, -0.05) is 0 Å². The SMILES string of the molecule is CCn1nccc1C(NC)C1CCN(C(=O)OC(C)(C)C)C1. The zero-order chi connectivity index (χ0) is 16.3. The van der Waals surface area contributed by atoms with Gasteiger partial charge in [0.25, 0.3) is 0 Å². The van der Waals surface area contributed by atoms with Crippen LogP contribution in [0, 0.1) is 5.92 Å². The van der Waals surface area contributed by atoms with Crippen molar-refractivity contribution in [3.8, 4) is 0 Å². The van der Waals surface area contributed by atoms with Crippen LogP contribution in [0.25, 0.3) is 0 Å². The average molecular weight is 308 g/mol. The highest BCUT2D eigenvalue weighted by Gasteiger charge is 2.35. The number of aryl methyl sites for hydroxylation is 1. The second-order valence-corrected chi connectivity index (χ2v) is 6.81. The monoisotopic (exact) mass is 308 g/mol. The van der Waals surface area contributed by atoms with E-state index in [1.54, 1.807) is 0 Å². The van der Waals surface area contributed by atoms with Crippen LogP contribution in [0.4, 0.5) is 4.79 Å². The molecule has 0 spiro atoms. The van der Waals surface area contributed by atoms with Gasteiger partial charge in [0.05, 0.1) is 11.7 Å². The van der Waals surface area contributed by atoms with Crippen molar-refractivity contribution in [2.24, 2.45) is 5.92 Å². The lowest BCUT2D eigenvalue weighted by Gasteiger charge is -2.26. The Morgan fingerprint density at radius 1 is 1.55 bits per heavy atom. The molecule has 22 heavy (non-hydrogen) atoms. The number of carbonyl (C=O) groups excluding carboxylic acids is 1. The molecule has 2 atom stereocenters. The van der Waals surface area contributed by atoms with Crippen LogP contribution in [0.15, 0.2) is 12.3 Å². The van der Waals surface area contributed by atoms with E-state index in [0.717, 1.165) is 26.1 Å². The lowest BCUT2D eigenvalue weighted by Crippen LogP contribution is -2.36. The molecule has 1 saturated heterocycles. The summed E-state index contributed by atoms with van der Waals surface area (Å²) < 4.78 is 7.48. The van der Waals surface area contributed by atoms with E-state index in [2.05, 4.69) is 23.4 Å². The van der Waals surface area contributed by atoms with Gasteiger partial charge in [0.1, 0.15) is 5.60 Å². The lowest BCUT2D eigenvalue weighted by molar-refractivity contribution is 0.0285. The highest BCUT2D eigenvalue weighted by molar-refractivity contribution is 5.68. The van der Waals surface area contributed by atoms with E-state index >= 15 is 0 Å². The third-order valence-corrected chi connectivity index (χ3v) is 4.03. The van der Waals surface area contributed by atoms with Gasteiger partial charge in [-0.25, -0.2) is 4.79 Å². The van der Waals surface area contributed by atoms with Crippen LogP contribution in [0.2, 0.25) is 0 Å². The molecule has 1 aliphatic rings. The van der Waals surface area contributed by atoms with Crippen molar-refractivity contribution in [3.63, 3.8) is 0 Å². The van der Waals surface area contributed by atoms with Gasteiger partial charge in [0.15, 0.2) is 0 Å². The molecule has 1 aliphatic heterocycles. The van der Waals surface area contributed by atoms with Gasteiger partial charge in [-0.15, -0.1) is 0 Å². The van der Waals surface area contributed by atoms with Crippen LogP contribution in [0.3, 0.4) is 0 Å². The molecule has 0 bridgehead atoms. The van der Waals surface area contributed by atoms with Crippen LogP contribution in [-0.4, -0.2) is 46.5 Å². The Morgan fingerprint density at radius 2 is 2.27 bits per heavy atom. The Morgan fingerprint density at radius 3 is 2.86 bits per heavy atom. The molecule has 6 heteroatoms. The minimum atomic E-state index is -0.446. The molecule has 0 radical (unpaired) electrons. The number of aromatic nitrogens is 2. The summed E-state index contributed by atoms with van der Waals surface area (Å²) in [5.74, 6) is 0.375. The van der Waals surface area contributed by atoms with E-state index in [9.17, 15) is 4.79 Å². The number of amides is 1. The second kappa shape index (κ2) is 6.69. The molecule has 0 aliphatic carbocycles. The van der Waals surface area contributed by atoms with Gasteiger partial charge in [-0.05, 0) is 53.1 Å². The zero-order valence-electron chi connectivity index (χ0n) is 14.3. The van der Waals surface area contributed by atoms with Crippen molar-refractivity contribution in [3.05, 3.63) is 18.0 Å². The summed E-state index contributed by atoms with van der Waals surface area (Å²) in [6.07, 6.45) is 2.59. The standard InChI is InChI=1S/C16H28N4O2/c1-6-20-13(7-9-18-20)14(17-5)12-8-10-19(11-12)15(21)22-16(2,3)4/h7,9,12,14,17H,6,8,10-11H2,1-5H3. The molecule has 1 aromatic rings. The lowest BCUT2D eigenvalue weighted by atomic mass is 9.96. The maximum absolute atomic E-state index is 12.2. The average Bonchev–Trinajstić information content (AvgIpc) is 3.07. The number of rotatable bonds is 4. The minimum absolute atomic E-state index is 0.204. The number of hydrogen-bond donors (Lipinski definition) is 1. The number of carbonyl (C=O) groups is 1. The summed E-state index contributed by atoms with van der Waals surface area (Å²) >= 11 is 0. The normalized spacial score (nSPS) is 20.2. The molecule has 1 fully saturated rings. The summed E-state index contributed by atoms with van der Waals surface area (Å²) in [4.78, 5) is 14.0. The molecule has 1 N–H and O–H groups in total. The van der Waals surface area contributed by atoms with E-state index in [1.165, 1.54) is 5.69 Å². The van der Waals surface area contributed by atoms with E-state index in [0.29, 0.717) is 5.92 Å². The topological polar surface area (TPSA) is 59.4 Å². The first kappa shape index (κ1) is 16.8. The summed E-state index contributed by atoms with van der Waals surface area (Å²) in [5.41, 5.74) is 0.735. The number of ether oxygens (including phenoxy) is 1. The zero-order valence-corrected chi connectivity index (χ0v) is 14.3. The Kier molecular flexibility index (Phi) is 5.11. The Hall–Kier alpha value is -1.56. The predicted octanol–water partition coefficient (Wildman–Crippen LogP) is 2.42. The largest absolute Gasteiger partial charge is 0.444 e. The van der Waals surface area contributed by atoms with Crippen LogP contribution in [0.1, 0.15) is 45.9 Å². The molecule has 0 aromatic carbocycles. The Balaban J connectivity index is 2.03. The number of hydrogen-bond acceptors (Lipinski definition) is 4. The van der Waals surface area contributed by atoms with Gasteiger partial charge < -0.3 is 15.0 Å². The van der Waals surface area contributed by atoms with E-state index in [4.69, 9.17) is 4.74 Å². The molecule has 2 rings (SSSR count). The van der Waals surface area contributed by atoms with E-state index in [1.807, 2.05) is 43.6 Å². The van der Waals surface area contributed by atoms with Gasteiger partial charge in [-0.2, -0.15) is 5.10 Å². The van der Waals surface area contributed by atoms with Gasteiger partial charge >= 0.3 is 6.09 Å². The fraction of sp³-hybridized carbons (Fsp3) is 0.750. The molecule has 2 heterocycles. The van der Waals surface area contributed by atoms with Crippen LogP contribution in [-0.2, 0) is 11.3 Å². The molecule has 6 nitrogen and oxygen atoms in total. The molecule has 0 saturated carbocycles. The highest BCUT2D eigenvalue weighted by Crippen LogP contribution is 2.30. The molecule has 124 valence electrons. The van der Waals surface area contributed by atoms with Crippen molar-refractivity contribution in [2.45, 2.75) is 52.3 Å². The summed E-state index contributed by atoms with van der Waals surface area (Å²) in [7, 11) is 1.97. The molecular formula is C16H28N4O2. The van der Waals surface area contributed by atoms with Crippen molar-refractivity contribution in [1.82, 2.24) is 20.0 Å². The Bertz CT molecular complexity index is 506. The van der Waals surface area contributed by atoms with Crippen LogP contribution < -0.4 is 5.32 Å². The first-order valence-electron chi connectivity index (χ1n) is 8.02. The molecule has 2 unspecified atom stereocenters. The molecule has 1 aromatic heterocycles. The maximum atomic E-state index is 12.2. The minimum Gasteiger partial charge on any atom is -0.444 e. The third-order valence-electron chi connectivity index (χ3n) is 4.03. The fourth-order valence-electron chi connectivity index (χ4n) is 3.05. The summed E-state index contributed by atoms with van der Waals surface area (Å²) in [5, 5.41) is 7.74. The number of likely N-dealkylation sites (tertiary alicyclic amines) is 1. The van der Waals surface area contributed by atoms with Crippen LogP contribution in [0.5, 0.6) is 0 Å². The van der Waals surface area contributed by atoms with Gasteiger partial charge in [0.2, 0.25) is 0 Å². The number of nitrogens with one attached hydrogen (secondary N) is 1. The maximum Gasteiger partial charge on any atom is 0.410 e. The summed E-state index contributed by atoms with van der Waals surface area (Å²) in [6.45, 7) is 10.1. The third kappa shape index (κ3) is 3.80. The number of nitrogens with zero attached hydrogens (tertiary/aromatic N) is 3. The van der Waals surface area contributed by atoms with E-state index in [-0.39, 0.29) is 12.1 Å². The predicted molar refractivity (Wildman–Crippen MR) is 85.6 cm³/mol.